The zero-order chi connectivity index (χ0) is 11.2. The molecular formula is C11H24N2O. The minimum Gasteiger partial charge on any atom is -0.338 e. The van der Waals surface area contributed by atoms with Crippen LogP contribution >= 0.6 is 0 Å². The van der Waals surface area contributed by atoms with Gasteiger partial charge in [0.25, 0.3) is 0 Å². The molecule has 0 aliphatic heterocycles. The predicted molar refractivity (Wildman–Crippen MR) is 60.4 cm³/mol. The molecule has 0 saturated carbocycles. The lowest BCUT2D eigenvalue weighted by molar-refractivity contribution is 0.217. The summed E-state index contributed by atoms with van der Waals surface area (Å²) in [6, 6.07) is 0.000702. The summed E-state index contributed by atoms with van der Waals surface area (Å²) in [5.41, 5.74) is 0.408. The fourth-order valence-electron chi connectivity index (χ4n) is 1.13. The molecule has 0 unspecified atom stereocenters. The van der Waals surface area contributed by atoms with Crippen LogP contribution in [0.15, 0.2) is 0 Å². The van der Waals surface area contributed by atoms with Crippen LogP contribution in [0.1, 0.15) is 40.0 Å². The summed E-state index contributed by atoms with van der Waals surface area (Å²) in [5, 5.41) is 2.86. The molecule has 0 saturated heterocycles. The molecule has 0 fully saturated rings. The summed E-state index contributed by atoms with van der Waals surface area (Å²) in [5.74, 6) is 0. The average molecular weight is 200 g/mol. The third-order valence-electron chi connectivity index (χ3n) is 2.04. The van der Waals surface area contributed by atoms with E-state index in [9.17, 15) is 4.79 Å². The first-order valence-electron chi connectivity index (χ1n) is 5.28. The third kappa shape index (κ3) is 7.90. The molecule has 0 aliphatic rings. The van der Waals surface area contributed by atoms with Crippen molar-refractivity contribution in [2.75, 3.05) is 20.6 Å². The van der Waals surface area contributed by atoms with Gasteiger partial charge in [-0.2, -0.15) is 0 Å². The predicted octanol–water partition coefficient (Wildman–Crippen LogP) is 2.47. The standard InChI is InChI=1S/C11H24N2O/c1-11(2,3)8-6-7-9-12-10(14)13(4)5/h6-9H2,1-5H3,(H,12,14). The average Bonchev–Trinajstić information content (AvgIpc) is 2.01. The van der Waals surface area contributed by atoms with E-state index >= 15 is 0 Å². The van der Waals surface area contributed by atoms with Gasteiger partial charge in [0, 0.05) is 20.6 Å². The molecule has 84 valence electrons. The molecule has 14 heavy (non-hydrogen) atoms. The van der Waals surface area contributed by atoms with E-state index in [1.54, 1.807) is 19.0 Å². The van der Waals surface area contributed by atoms with Gasteiger partial charge in [-0.25, -0.2) is 4.79 Å². The lowest BCUT2D eigenvalue weighted by atomic mass is 9.90. The minimum absolute atomic E-state index is 0.000702. The van der Waals surface area contributed by atoms with Gasteiger partial charge >= 0.3 is 6.03 Å². The maximum absolute atomic E-state index is 11.1. The molecule has 0 rings (SSSR count). The summed E-state index contributed by atoms with van der Waals surface area (Å²) >= 11 is 0. The Hall–Kier alpha value is -0.730. The van der Waals surface area contributed by atoms with Gasteiger partial charge in [-0.3, -0.25) is 0 Å². The Bertz CT molecular complexity index is 171. The number of urea groups is 1. The Balaban J connectivity index is 3.35. The first-order chi connectivity index (χ1) is 6.33. The van der Waals surface area contributed by atoms with E-state index in [1.165, 1.54) is 12.8 Å². The Morgan fingerprint density at radius 1 is 1.21 bits per heavy atom. The van der Waals surface area contributed by atoms with Gasteiger partial charge in [0.2, 0.25) is 0 Å². The molecular weight excluding hydrogens is 176 g/mol. The number of nitrogens with one attached hydrogen (secondary N) is 1. The van der Waals surface area contributed by atoms with Crippen LogP contribution in [0, 0.1) is 5.41 Å². The molecule has 0 radical (unpaired) electrons. The monoisotopic (exact) mass is 200 g/mol. The van der Waals surface area contributed by atoms with Crippen LogP contribution in [-0.2, 0) is 0 Å². The zero-order valence-corrected chi connectivity index (χ0v) is 10.2. The summed E-state index contributed by atoms with van der Waals surface area (Å²) in [6.45, 7) is 7.51. The maximum Gasteiger partial charge on any atom is 0.316 e. The number of unbranched alkanes of at least 4 members (excludes halogenated alkanes) is 1. The van der Waals surface area contributed by atoms with Crippen LogP contribution < -0.4 is 5.32 Å². The zero-order valence-electron chi connectivity index (χ0n) is 10.2. The van der Waals surface area contributed by atoms with Crippen LogP contribution in [0.5, 0.6) is 0 Å². The fourth-order valence-corrected chi connectivity index (χ4v) is 1.13. The number of carbonyl (C=O) groups is 1. The van der Waals surface area contributed by atoms with Crippen LogP contribution in [0.3, 0.4) is 0 Å². The van der Waals surface area contributed by atoms with Crippen LogP contribution in [0.4, 0.5) is 4.79 Å². The highest BCUT2D eigenvalue weighted by Gasteiger charge is 2.09. The van der Waals surface area contributed by atoms with Crippen molar-refractivity contribution in [2.24, 2.45) is 5.41 Å². The number of carbonyl (C=O) groups excluding carboxylic acids is 1. The van der Waals surface area contributed by atoms with E-state index in [4.69, 9.17) is 0 Å². The van der Waals surface area contributed by atoms with Gasteiger partial charge in [0.05, 0.1) is 0 Å². The number of amides is 2. The Labute approximate surface area is 87.9 Å². The smallest absolute Gasteiger partial charge is 0.316 e. The van der Waals surface area contributed by atoms with Crippen LogP contribution in [-0.4, -0.2) is 31.6 Å². The van der Waals surface area contributed by atoms with Crippen molar-refractivity contribution >= 4 is 6.03 Å². The molecule has 0 aromatic rings. The second kappa shape index (κ2) is 5.89. The number of hydrogen-bond acceptors (Lipinski definition) is 1. The molecule has 0 aliphatic carbocycles. The summed E-state index contributed by atoms with van der Waals surface area (Å²) in [7, 11) is 3.51. The van der Waals surface area contributed by atoms with E-state index in [1.807, 2.05) is 0 Å². The molecule has 0 bridgehead atoms. The van der Waals surface area contributed by atoms with Crippen molar-refractivity contribution in [1.29, 1.82) is 0 Å². The maximum atomic E-state index is 11.1. The van der Waals surface area contributed by atoms with Crippen LogP contribution in [0.25, 0.3) is 0 Å². The SMILES string of the molecule is CN(C)C(=O)NCCCCC(C)(C)C. The second-order valence-corrected chi connectivity index (χ2v) is 5.14. The van der Waals surface area contributed by atoms with Crippen molar-refractivity contribution in [3.05, 3.63) is 0 Å². The highest BCUT2D eigenvalue weighted by molar-refractivity contribution is 5.73. The lowest BCUT2D eigenvalue weighted by Gasteiger charge is -2.18. The Morgan fingerprint density at radius 2 is 1.79 bits per heavy atom. The number of rotatable bonds is 4. The van der Waals surface area contributed by atoms with Gasteiger partial charge in [0.1, 0.15) is 0 Å². The van der Waals surface area contributed by atoms with E-state index in [-0.39, 0.29) is 6.03 Å². The van der Waals surface area contributed by atoms with E-state index in [0.717, 1.165) is 13.0 Å². The molecule has 0 spiro atoms. The van der Waals surface area contributed by atoms with E-state index in [0.29, 0.717) is 5.41 Å². The highest BCUT2D eigenvalue weighted by Crippen LogP contribution is 2.20. The van der Waals surface area contributed by atoms with Gasteiger partial charge < -0.3 is 10.2 Å². The first-order valence-corrected chi connectivity index (χ1v) is 5.28. The fraction of sp³-hybridized carbons (Fsp3) is 0.909. The number of nitrogens with zero attached hydrogens (tertiary/aromatic N) is 1. The third-order valence-corrected chi connectivity index (χ3v) is 2.04. The minimum atomic E-state index is 0.000702. The molecule has 0 aromatic heterocycles. The molecule has 0 atom stereocenters. The van der Waals surface area contributed by atoms with Gasteiger partial charge in [0.15, 0.2) is 0 Å². The van der Waals surface area contributed by atoms with Crippen molar-refractivity contribution in [1.82, 2.24) is 10.2 Å². The second-order valence-electron chi connectivity index (χ2n) is 5.14. The molecule has 1 N–H and O–H groups in total. The van der Waals surface area contributed by atoms with Gasteiger partial charge in [-0.1, -0.05) is 27.2 Å². The molecule has 3 nitrogen and oxygen atoms in total. The Kier molecular flexibility index (Phi) is 5.58. The lowest BCUT2D eigenvalue weighted by Crippen LogP contribution is -2.35. The number of hydrogen-bond donors (Lipinski definition) is 1. The molecule has 3 heteroatoms. The van der Waals surface area contributed by atoms with E-state index in [2.05, 4.69) is 26.1 Å². The van der Waals surface area contributed by atoms with Gasteiger partial charge in [-0.05, 0) is 18.3 Å². The molecule has 0 heterocycles. The van der Waals surface area contributed by atoms with Gasteiger partial charge in [-0.15, -0.1) is 0 Å². The van der Waals surface area contributed by atoms with Crippen molar-refractivity contribution in [2.45, 2.75) is 40.0 Å². The first kappa shape index (κ1) is 13.3. The normalized spacial score (nSPS) is 11.2. The molecule has 0 aromatic carbocycles. The van der Waals surface area contributed by atoms with E-state index < -0.39 is 0 Å². The van der Waals surface area contributed by atoms with Crippen molar-refractivity contribution in [3.63, 3.8) is 0 Å². The molecule has 2 amide bonds. The Morgan fingerprint density at radius 3 is 2.21 bits per heavy atom. The quantitative estimate of drug-likeness (QED) is 0.695. The summed E-state index contributed by atoms with van der Waals surface area (Å²) < 4.78 is 0. The summed E-state index contributed by atoms with van der Waals surface area (Å²) in [4.78, 5) is 12.7. The largest absolute Gasteiger partial charge is 0.338 e. The summed E-state index contributed by atoms with van der Waals surface area (Å²) in [6.07, 6.45) is 3.46. The topological polar surface area (TPSA) is 32.3 Å². The highest BCUT2D eigenvalue weighted by atomic mass is 16.2. The van der Waals surface area contributed by atoms with Crippen molar-refractivity contribution < 1.29 is 4.79 Å². The van der Waals surface area contributed by atoms with Crippen molar-refractivity contribution in [3.8, 4) is 0 Å². The van der Waals surface area contributed by atoms with Crippen LogP contribution in [0.2, 0.25) is 0 Å².